The van der Waals surface area contributed by atoms with Gasteiger partial charge >= 0.3 is 6.18 Å². The molecular formula is C11H17F3N4. The summed E-state index contributed by atoms with van der Waals surface area (Å²) >= 11 is 0. The van der Waals surface area contributed by atoms with Gasteiger partial charge in [0.25, 0.3) is 0 Å². The lowest BCUT2D eigenvalue weighted by Crippen LogP contribution is -2.38. The van der Waals surface area contributed by atoms with E-state index in [0.717, 1.165) is 0 Å². The predicted octanol–water partition coefficient (Wildman–Crippen LogP) is 2.29. The van der Waals surface area contributed by atoms with Crippen LogP contribution in [0.3, 0.4) is 0 Å². The minimum absolute atomic E-state index is 0.133. The van der Waals surface area contributed by atoms with Crippen molar-refractivity contribution in [3.63, 3.8) is 0 Å². The van der Waals surface area contributed by atoms with Gasteiger partial charge in [-0.15, -0.1) is 0 Å². The highest BCUT2D eigenvalue weighted by Crippen LogP contribution is 2.19. The SMILES string of the molecule is CNc1cnc(CN(CC(F)(F)F)C(C)C)cn1. The fourth-order valence-electron chi connectivity index (χ4n) is 1.42. The van der Waals surface area contributed by atoms with Crippen molar-refractivity contribution in [1.82, 2.24) is 14.9 Å². The van der Waals surface area contributed by atoms with Gasteiger partial charge in [0.2, 0.25) is 0 Å². The fraction of sp³-hybridized carbons (Fsp3) is 0.636. The molecule has 0 saturated heterocycles. The summed E-state index contributed by atoms with van der Waals surface area (Å²) in [6.45, 7) is 2.64. The van der Waals surface area contributed by atoms with Crippen LogP contribution in [0, 0.1) is 0 Å². The van der Waals surface area contributed by atoms with Crippen molar-refractivity contribution in [3.05, 3.63) is 18.1 Å². The summed E-state index contributed by atoms with van der Waals surface area (Å²) in [6, 6.07) is -0.211. The van der Waals surface area contributed by atoms with E-state index >= 15 is 0 Å². The number of nitrogens with zero attached hydrogens (tertiary/aromatic N) is 3. The van der Waals surface area contributed by atoms with E-state index < -0.39 is 12.7 Å². The Balaban J connectivity index is 2.70. The molecule has 0 aliphatic heterocycles. The van der Waals surface area contributed by atoms with Crippen molar-refractivity contribution in [1.29, 1.82) is 0 Å². The quantitative estimate of drug-likeness (QED) is 0.884. The number of anilines is 1. The lowest BCUT2D eigenvalue weighted by molar-refractivity contribution is -0.151. The van der Waals surface area contributed by atoms with Gasteiger partial charge in [-0.3, -0.25) is 9.88 Å². The van der Waals surface area contributed by atoms with Gasteiger partial charge in [0, 0.05) is 19.6 Å². The average molecular weight is 262 g/mol. The summed E-state index contributed by atoms with van der Waals surface area (Å²) in [6.07, 6.45) is -1.22. The first-order valence-corrected chi connectivity index (χ1v) is 5.61. The molecule has 0 spiro atoms. The number of nitrogens with one attached hydrogen (secondary N) is 1. The zero-order valence-electron chi connectivity index (χ0n) is 10.6. The molecule has 7 heteroatoms. The smallest absolute Gasteiger partial charge is 0.372 e. The van der Waals surface area contributed by atoms with Gasteiger partial charge in [0.15, 0.2) is 0 Å². The molecule has 0 amide bonds. The predicted molar refractivity (Wildman–Crippen MR) is 63.2 cm³/mol. The molecule has 0 aliphatic rings. The van der Waals surface area contributed by atoms with Crippen molar-refractivity contribution in [2.75, 3.05) is 18.9 Å². The van der Waals surface area contributed by atoms with E-state index in [1.54, 1.807) is 20.9 Å². The maximum atomic E-state index is 12.4. The standard InChI is InChI=1S/C11H17F3N4/c1-8(2)18(7-11(12,13)14)6-9-4-17-10(15-3)5-16-9/h4-5,8H,6-7H2,1-3H3,(H,15,17). The third-order valence-electron chi connectivity index (χ3n) is 2.44. The molecule has 0 unspecified atom stereocenters. The van der Waals surface area contributed by atoms with Gasteiger partial charge in [-0.25, -0.2) is 4.98 Å². The summed E-state index contributed by atoms with van der Waals surface area (Å²) in [5.41, 5.74) is 0.520. The highest BCUT2D eigenvalue weighted by molar-refractivity contribution is 5.29. The Labute approximate surface area is 104 Å². The minimum atomic E-state index is -4.21. The molecule has 0 saturated carbocycles. The monoisotopic (exact) mass is 262 g/mol. The van der Waals surface area contributed by atoms with E-state index in [1.165, 1.54) is 17.3 Å². The Morgan fingerprint density at radius 2 is 1.94 bits per heavy atom. The van der Waals surface area contributed by atoms with E-state index in [4.69, 9.17) is 0 Å². The number of alkyl halides is 3. The largest absolute Gasteiger partial charge is 0.401 e. The number of aromatic nitrogens is 2. The molecule has 0 fully saturated rings. The van der Waals surface area contributed by atoms with Crippen LogP contribution in [0.25, 0.3) is 0 Å². The number of hydrogen-bond acceptors (Lipinski definition) is 4. The second-order valence-corrected chi connectivity index (χ2v) is 4.26. The van der Waals surface area contributed by atoms with Crippen LogP contribution in [-0.2, 0) is 6.54 Å². The van der Waals surface area contributed by atoms with Crippen LogP contribution in [0.15, 0.2) is 12.4 Å². The minimum Gasteiger partial charge on any atom is -0.372 e. The Morgan fingerprint density at radius 3 is 2.33 bits per heavy atom. The molecule has 0 aromatic carbocycles. The van der Waals surface area contributed by atoms with Gasteiger partial charge in [0.05, 0.1) is 24.6 Å². The number of halogens is 3. The van der Waals surface area contributed by atoms with Crippen LogP contribution in [0.1, 0.15) is 19.5 Å². The van der Waals surface area contributed by atoms with E-state index in [9.17, 15) is 13.2 Å². The molecule has 102 valence electrons. The molecule has 18 heavy (non-hydrogen) atoms. The third-order valence-corrected chi connectivity index (χ3v) is 2.44. The molecular weight excluding hydrogens is 245 g/mol. The van der Waals surface area contributed by atoms with Crippen molar-refractivity contribution < 1.29 is 13.2 Å². The van der Waals surface area contributed by atoms with Crippen molar-refractivity contribution in [2.24, 2.45) is 0 Å². The molecule has 1 aromatic heterocycles. The van der Waals surface area contributed by atoms with Crippen molar-refractivity contribution >= 4 is 5.82 Å². The second-order valence-electron chi connectivity index (χ2n) is 4.26. The molecule has 1 aromatic rings. The van der Waals surface area contributed by atoms with E-state index in [1.807, 2.05) is 0 Å². The van der Waals surface area contributed by atoms with Crippen LogP contribution in [0.4, 0.5) is 19.0 Å². The number of rotatable bonds is 5. The van der Waals surface area contributed by atoms with Crippen LogP contribution in [0.2, 0.25) is 0 Å². The zero-order chi connectivity index (χ0) is 13.8. The molecule has 0 radical (unpaired) electrons. The topological polar surface area (TPSA) is 41.1 Å². The third kappa shape index (κ3) is 4.87. The van der Waals surface area contributed by atoms with E-state index in [2.05, 4.69) is 15.3 Å². The maximum absolute atomic E-state index is 12.4. The summed E-state index contributed by atoms with van der Waals surface area (Å²) in [4.78, 5) is 9.40. The summed E-state index contributed by atoms with van der Waals surface area (Å²) < 4.78 is 37.2. The normalized spacial score (nSPS) is 12.2. The Morgan fingerprint density at radius 1 is 1.28 bits per heavy atom. The van der Waals surface area contributed by atoms with E-state index in [-0.39, 0.29) is 12.6 Å². The number of hydrogen-bond donors (Lipinski definition) is 1. The fourth-order valence-corrected chi connectivity index (χ4v) is 1.42. The van der Waals surface area contributed by atoms with Gasteiger partial charge in [-0.05, 0) is 13.8 Å². The first-order valence-electron chi connectivity index (χ1n) is 5.61. The molecule has 0 aliphatic carbocycles. The highest BCUT2D eigenvalue weighted by Gasteiger charge is 2.31. The Kier molecular flexibility index (Phi) is 4.89. The second kappa shape index (κ2) is 5.99. The van der Waals surface area contributed by atoms with Gasteiger partial charge in [0.1, 0.15) is 5.82 Å². The van der Waals surface area contributed by atoms with Crippen LogP contribution < -0.4 is 5.32 Å². The highest BCUT2D eigenvalue weighted by atomic mass is 19.4. The van der Waals surface area contributed by atoms with Gasteiger partial charge in [-0.1, -0.05) is 0 Å². The molecule has 4 nitrogen and oxygen atoms in total. The zero-order valence-corrected chi connectivity index (χ0v) is 10.6. The van der Waals surface area contributed by atoms with Crippen molar-refractivity contribution in [2.45, 2.75) is 32.6 Å². The van der Waals surface area contributed by atoms with Gasteiger partial charge < -0.3 is 5.32 Å². The molecule has 1 heterocycles. The lowest BCUT2D eigenvalue weighted by atomic mass is 10.3. The molecule has 1 N–H and O–H groups in total. The van der Waals surface area contributed by atoms with Crippen LogP contribution >= 0.6 is 0 Å². The Hall–Kier alpha value is -1.37. The van der Waals surface area contributed by atoms with Crippen LogP contribution in [-0.4, -0.2) is 40.7 Å². The molecule has 0 atom stereocenters. The van der Waals surface area contributed by atoms with E-state index in [0.29, 0.717) is 11.5 Å². The lowest BCUT2D eigenvalue weighted by Gasteiger charge is -2.26. The first-order chi connectivity index (χ1) is 8.31. The van der Waals surface area contributed by atoms with Crippen molar-refractivity contribution in [3.8, 4) is 0 Å². The summed E-state index contributed by atoms with van der Waals surface area (Å²) in [5, 5.41) is 2.80. The Bertz CT molecular complexity index is 362. The molecule has 1 rings (SSSR count). The summed E-state index contributed by atoms with van der Waals surface area (Å²) in [5.74, 6) is 0.589. The molecule has 0 bridgehead atoms. The maximum Gasteiger partial charge on any atom is 0.401 e. The first kappa shape index (κ1) is 14.7. The average Bonchev–Trinajstić information content (AvgIpc) is 2.27. The van der Waals surface area contributed by atoms with Gasteiger partial charge in [-0.2, -0.15) is 13.2 Å². The van der Waals surface area contributed by atoms with Crippen LogP contribution in [0.5, 0.6) is 0 Å². The summed E-state index contributed by atoms with van der Waals surface area (Å²) in [7, 11) is 1.70.